The van der Waals surface area contributed by atoms with Crippen LogP contribution in [0.2, 0.25) is 5.02 Å². The summed E-state index contributed by atoms with van der Waals surface area (Å²) in [6, 6.07) is 7.83. The number of morpholine rings is 1. The first-order valence-electron chi connectivity index (χ1n) is 8.68. The number of aromatic amines is 1. The van der Waals surface area contributed by atoms with E-state index < -0.39 is 0 Å². The number of benzene rings is 1. The molecule has 1 aromatic carbocycles. The molecule has 2 fully saturated rings. The van der Waals surface area contributed by atoms with Gasteiger partial charge in [-0.3, -0.25) is 9.69 Å². The van der Waals surface area contributed by atoms with Gasteiger partial charge in [-0.15, -0.1) is 0 Å². The number of H-pyrrole nitrogens is 1. The quantitative estimate of drug-likeness (QED) is 0.773. The smallest absolute Gasteiger partial charge is 0.267 e. The maximum atomic E-state index is 12.6. The minimum absolute atomic E-state index is 0.0918. The molecule has 0 aliphatic carbocycles. The van der Waals surface area contributed by atoms with Gasteiger partial charge in [0.05, 0.1) is 12.7 Å². The predicted octanol–water partition coefficient (Wildman–Crippen LogP) is 1.78. The fraction of sp³-hybridized carbons (Fsp3) is 0.500. The number of aliphatic hydroxyl groups excluding tert-OH is 1. The van der Waals surface area contributed by atoms with Crippen LogP contribution in [-0.2, 0) is 4.74 Å². The second-order valence-electron chi connectivity index (χ2n) is 6.90. The van der Waals surface area contributed by atoms with E-state index in [0.717, 1.165) is 30.4 Å². The molecule has 3 N–H and O–H groups in total. The van der Waals surface area contributed by atoms with Crippen LogP contribution in [0.3, 0.4) is 0 Å². The lowest BCUT2D eigenvalue weighted by atomic mass is 10.1. The zero-order valence-electron chi connectivity index (χ0n) is 13.9. The van der Waals surface area contributed by atoms with Gasteiger partial charge in [-0.1, -0.05) is 11.6 Å². The van der Waals surface area contributed by atoms with Crippen LogP contribution >= 0.6 is 11.6 Å². The van der Waals surface area contributed by atoms with Gasteiger partial charge >= 0.3 is 0 Å². The molecule has 0 spiro atoms. The molecule has 2 aliphatic rings. The number of carbonyl (C=O) groups is 1. The van der Waals surface area contributed by atoms with Crippen LogP contribution in [0.15, 0.2) is 24.3 Å². The summed E-state index contributed by atoms with van der Waals surface area (Å²) in [6.45, 7) is 2.46. The Morgan fingerprint density at radius 1 is 1.40 bits per heavy atom. The Balaban J connectivity index is 1.39. The van der Waals surface area contributed by atoms with E-state index in [-0.39, 0.29) is 24.7 Å². The molecule has 4 rings (SSSR count). The van der Waals surface area contributed by atoms with Crippen molar-refractivity contribution < 1.29 is 14.6 Å². The Bertz CT molecular complexity index is 778. The molecule has 134 valence electrons. The zero-order chi connectivity index (χ0) is 17.4. The SMILES string of the molecule is O=C(N[C@@H]1C[C@H]2CO[C@@H](CCO)CN2C1)c1cc2cc(Cl)ccc2[nH]1. The van der Waals surface area contributed by atoms with Crippen LogP contribution in [0.4, 0.5) is 0 Å². The third kappa shape index (κ3) is 3.53. The molecule has 0 radical (unpaired) electrons. The van der Waals surface area contributed by atoms with E-state index in [0.29, 0.717) is 29.8 Å². The fourth-order valence-electron chi connectivity index (χ4n) is 3.85. The third-order valence-electron chi connectivity index (χ3n) is 5.10. The highest BCUT2D eigenvalue weighted by Crippen LogP contribution is 2.25. The molecule has 25 heavy (non-hydrogen) atoms. The summed E-state index contributed by atoms with van der Waals surface area (Å²) in [5.41, 5.74) is 1.45. The van der Waals surface area contributed by atoms with Gasteiger partial charge in [-0.25, -0.2) is 0 Å². The van der Waals surface area contributed by atoms with Crippen molar-refractivity contribution in [2.24, 2.45) is 0 Å². The van der Waals surface area contributed by atoms with Crippen molar-refractivity contribution >= 4 is 28.4 Å². The van der Waals surface area contributed by atoms with Crippen molar-refractivity contribution in [3.63, 3.8) is 0 Å². The van der Waals surface area contributed by atoms with E-state index in [9.17, 15) is 4.79 Å². The molecular formula is C18H22ClN3O3. The molecule has 2 aliphatic heterocycles. The van der Waals surface area contributed by atoms with Crippen molar-refractivity contribution in [1.82, 2.24) is 15.2 Å². The van der Waals surface area contributed by atoms with Crippen LogP contribution in [0, 0.1) is 0 Å². The molecular weight excluding hydrogens is 342 g/mol. The van der Waals surface area contributed by atoms with E-state index in [1.165, 1.54) is 0 Å². The lowest BCUT2D eigenvalue weighted by Crippen LogP contribution is -2.46. The second kappa shape index (κ2) is 6.96. The van der Waals surface area contributed by atoms with Crippen molar-refractivity contribution in [2.75, 3.05) is 26.3 Å². The molecule has 3 heterocycles. The number of ether oxygens (including phenoxy) is 1. The molecule has 2 saturated heterocycles. The highest BCUT2D eigenvalue weighted by Gasteiger charge is 2.37. The molecule has 6 nitrogen and oxygen atoms in total. The Labute approximate surface area is 151 Å². The number of hydrogen-bond donors (Lipinski definition) is 3. The molecule has 1 aromatic heterocycles. The Kier molecular flexibility index (Phi) is 4.69. The second-order valence-corrected chi connectivity index (χ2v) is 7.33. The van der Waals surface area contributed by atoms with Crippen LogP contribution in [-0.4, -0.2) is 65.4 Å². The topological polar surface area (TPSA) is 77.6 Å². The van der Waals surface area contributed by atoms with Gasteiger partial charge in [-0.2, -0.15) is 0 Å². The highest BCUT2D eigenvalue weighted by atomic mass is 35.5. The fourth-order valence-corrected chi connectivity index (χ4v) is 4.04. The molecule has 1 amide bonds. The lowest BCUT2D eigenvalue weighted by molar-refractivity contribution is -0.0566. The highest BCUT2D eigenvalue weighted by molar-refractivity contribution is 6.31. The summed E-state index contributed by atoms with van der Waals surface area (Å²) in [5, 5.41) is 13.8. The number of nitrogens with one attached hydrogen (secondary N) is 2. The van der Waals surface area contributed by atoms with Gasteiger partial charge in [-0.05, 0) is 37.1 Å². The summed E-state index contributed by atoms with van der Waals surface area (Å²) >= 11 is 6.00. The number of aliphatic hydroxyl groups is 1. The number of halogens is 1. The van der Waals surface area contributed by atoms with Gasteiger partial charge in [0.15, 0.2) is 0 Å². The number of hydrogen-bond acceptors (Lipinski definition) is 4. The largest absolute Gasteiger partial charge is 0.396 e. The first-order chi connectivity index (χ1) is 12.1. The first-order valence-corrected chi connectivity index (χ1v) is 9.06. The van der Waals surface area contributed by atoms with Gasteiger partial charge in [0.2, 0.25) is 0 Å². The van der Waals surface area contributed by atoms with E-state index in [4.69, 9.17) is 21.4 Å². The Morgan fingerprint density at radius 2 is 2.28 bits per heavy atom. The predicted molar refractivity (Wildman–Crippen MR) is 96.0 cm³/mol. The van der Waals surface area contributed by atoms with Crippen molar-refractivity contribution in [3.05, 3.63) is 35.0 Å². The number of nitrogens with zero attached hydrogens (tertiary/aromatic N) is 1. The van der Waals surface area contributed by atoms with Gasteiger partial charge < -0.3 is 20.1 Å². The number of aromatic nitrogens is 1. The average molecular weight is 364 g/mol. The van der Waals surface area contributed by atoms with E-state index >= 15 is 0 Å². The average Bonchev–Trinajstić information content (AvgIpc) is 3.17. The van der Waals surface area contributed by atoms with E-state index in [1.807, 2.05) is 18.2 Å². The van der Waals surface area contributed by atoms with E-state index in [2.05, 4.69) is 15.2 Å². The van der Waals surface area contributed by atoms with Crippen LogP contribution in [0.1, 0.15) is 23.3 Å². The summed E-state index contributed by atoms with van der Waals surface area (Å²) in [6.07, 6.45) is 1.65. The minimum atomic E-state index is -0.0926. The van der Waals surface area contributed by atoms with Gasteiger partial charge in [0.25, 0.3) is 5.91 Å². The van der Waals surface area contributed by atoms with Gasteiger partial charge in [0.1, 0.15) is 5.69 Å². The van der Waals surface area contributed by atoms with Gasteiger partial charge in [0, 0.05) is 47.7 Å². The normalized spacial score (nSPS) is 26.7. The molecule has 0 saturated carbocycles. The standard InChI is InChI=1S/C18H22ClN3O3/c19-12-1-2-16-11(5-12)6-17(21-16)18(24)20-13-7-14-10-25-15(3-4-23)9-22(14)8-13/h1-2,5-6,13-15,21,23H,3-4,7-10H2,(H,20,24)/t13-,14+,15+/m1/s1. The van der Waals surface area contributed by atoms with Crippen LogP contribution in [0.5, 0.6) is 0 Å². The summed E-state index contributed by atoms with van der Waals surface area (Å²) in [7, 11) is 0. The summed E-state index contributed by atoms with van der Waals surface area (Å²) in [4.78, 5) is 18.1. The molecule has 2 aromatic rings. The number of carbonyl (C=O) groups excluding carboxylic acids is 1. The molecule has 7 heteroatoms. The first kappa shape index (κ1) is 16.8. The third-order valence-corrected chi connectivity index (χ3v) is 5.34. The maximum Gasteiger partial charge on any atom is 0.267 e. The Morgan fingerprint density at radius 3 is 3.12 bits per heavy atom. The van der Waals surface area contributed by atoms with Crippen molar-refractivity contribution in [2.45, 2.75) is 31.0 Å². The summed E-state index contributed by atoms with van der Waals surface area (Å²) in [5.74, 6) is -0.0926. The van der Waals surface area contributed by atoms with Crippen molar-refractivity contribution in [1.29, 1.82) is 0 Å². The number of rotatable bonds is 4. The monoisotopic (exact) mass is 363 g/mol. The minimum Gasteiger partial charge on any atom is -0.396 e. The van der Waals surface area contributed by atoms with E-state index in [1.54, 1.807) is 6.07 Å². The maximum absolute atomic E-state index is 12.6. The lowest BCUT2D eigenvalue weighted by Gasteiger charge is -2.34. The number of amides is 1. The van der Waals surface area contributed by atoms with Crippen LogP contribution in [0.25, 0.3) is 10.9 Å². The zero-order valence-corrected chi connectivity index (χ0v) is 14.6. The number of fused-ring (bicyclic) bond motifs is 2. The summed E-state index contributed by atoms with van der Waals surface area (Å²) < 4.78 is 5.79. The van der Waals surface area contributed by atoms with Crippen LogP contribution < -0.4 is 5.32 Å². The molecule has 0 unspecified atom stereocenters. The van der Waals surface area contributed by atoms with Crippen molar-refractivity contribution in [3.8, 4) is 0 Å². The molecule has 3 atom stereocenters. The molecule has 0 bridgehead atoms. The Hall–Kier alpha value is -1.60.